The van der Waals surface area contributed by atoms with E-state index in [0.717, 1.165) is 5.76 Å². The molecule has 1 rings (SSSR count). The molecule has 18 heavy (non-hydrogen) atoms. The summed E-state index contributed by atoms with van der Waals surface area (Å²) in [7, 11) is 3.92. The van der Waals surface area contributed by atoms with Gasteiger partial charge in [0.25, 0.3) is 0 Å². The summed E-state index contributed by atoms with van der Waals surface area (Å²) >= 11 is 0. The average Bonchev–Trinajstić information content (AvgIpc) is 2.82. The van der Waals surface area contributed by atoms with Crippen LogP contribution in [0.4, 0.5) is 0 Å². The summed E-state index contributed by atoms with van der Waals surface area (Å²) in [6, 6.07) is 3.82. The lowest BCUT2D eigenvalue weighted by Crippen LogP contribution is -2.37. The first-order valence-corrected chi connectivity index (χ1v) is 6.23. The third-order valence-electron chi connectivity index (χ3n) is 3.01. The molecule has 0 fully saturated rings. The molecule has 0 spiro atoms. The van der Waals surface area contributed by atoms with Gasteiger partial charge in [0.15, 0.2) is 0 Å². The molecule has 0 saturated carbocycles. The van der Waals surface area contributed by atoms with Gasteiger partial charge in [-0.25, -0.2) is 0 Å². The minimum Gasteiger partial charge on any atom is -0.468 e. The standard InChI is InChI=1S/C13H23N3O2/c1-10(6-7-14)13(17)15-9-11(16(2)3)12-5-4-8-18-12/h4-5,8,10-11H,6-7,9,14H2,1-3H3,(H,15,17). The van der Waals surface area contributed by atoms with Gasteiger partial charge in [0.05, 0.1) is 12.3 Å². The summed E-state index contributed by atoms with van der Waals surface area (Å²) < 4.78 is 5.38. The van der Waals surface area contributed by atoms with Crippen molar-refractivity contribution in [1.82, 2.24) is 10.2 Å². The molecule has 1 aromatic rings. The molecule has 1 aromatic heterocycles. The first-order valence-electron chi connectivity index (χ1n) is 6.23. The van der Waals surface area contributed by atoms with Crippen LogP contribution in [0.2, 0.25) is 0 Å². The smallest absolute Gasteiger partial charge is 0.222 e. The minimum atomic E-state index is -0.0468. The van der Waals surface area contributed by atoms with Crippen molar-refractivity contribution in [3.8, 4) is 0 Å². The van der Waals surface area contributed by atoms with Gasteiger partial charge < -0.3 is 15.5 Å². The van der Waals surface area contributed by atoms with E-state index >= 15 is 0 Å². The predicted octanol–water partition coefficient (Wildman–Crippen LogP) is 0.983. The van der Waals surface area contributed by atoms with Crippen molar-refractivity contribution < 1.29 is 9.21 Å². The number of nitrogens with two attached hydrogens (primary N) is 1. The van der Waals surface area contributed by atoms with Crippen LogP contribution in [0.5, 0.6) is 0 Å². The number of furan rings is 1. The Balaban J connectivity index is 2.51. The molecule has 0 saturated heterocycles. The van der Waals surface area contributed by atoms with Gasteiger partial charge >= 0.3 is 0 Å². The molecule has 2 unspecified atom stereocenters. The minimum absolute atomic E-state index is 0.0406. The quantitative estimate of drug-likeness (QED) is 0.760. The van der Waals surface area contributed by atoms with Crippen LogP contribution >= 0.6 is 0 Å². The molecule has 2 atom stereocenters. The Morgan fingerprint density at radius 3 is 2.78 bits per heavy atom. The van der Waals surface area contributed by atoms with Crippen molar-refractivity contribution in [2.75, 3.05) is 27.2 Å². The van der Waals surface area contributed by atoms with Crippen LogP contribution in [-0.4, -0.2) is 38.0 Å². The van der Waals surface area contributed by atoms with Gasteiger partial charge in [0, 0.05) is 12.5 Å². The molecular formula is C13H23N3O2. The van der Waals surface area contributed by atoms with Crippen LogP contribution in [0.15, 0.2) is 22.8 Å². The maximum Gasteiger partial charge on any atom is 0.222 e. The number of hydrogen-bond donors (Lipinski definition) is 2. The van der Waals surface area contributed by atoms with Crippen molar-refractivity contribution in [2.24, 2.45) is 11.7 Å². The van der Waals surface area contributed by atoms with Crippen LogP contribution in [0, 0.1) is 5.92 Å². The third kappa shape index (κ3) is 4.16. The van der Waals surface area contributed by atoms with Crippen molar-refractivity contribution in [1.29, 1.82) is 0 Å². The summed E-state index contributed by atoms with van der Waals surface area (Å²) in [6.07, 6.45) is 2.35. The first-order chi connectivity index (χ1) is 8.56. The Morgan fingerprint density at radius 2 is 2.28 bits per heavy atom. The van der Waals surface area contributed by atoms with E-state index in [0.29, 0.717) is 19.5 Å². The highest BCUT2D eigenvalue weighted by atomic mass is 16.3. The molecule has 0 radical (unpaired) electrons. The number of carbonyl (C=O) groups is 1. The maximum atomic E-state index is 11.8. The molecule has 0 aliphatic carbocycles. The molecule has 5 nitrogen and oxygen atoms in total. The third-order valence-corrected chi connectivity index (χ3v) is 3.01. The second-order valence-corrected chi connectivity index (χ2v) is 4.72. The van der Waals surface area contributed by atoms with E-state index in [9.17, 15) is 4.79 Å². The number of carbonyl (C=O) groups excluding carboxylic acids is 1. The highest BCUT2D eigenvalue weighted by Gasteiger charge is 2.19. The van der Waals surface area contributed by atoms with Crippen molar-refractivity contribution in [3.63, 3.8) is 0 Å². The van der Waals surface area contributed by atoms with Crippen LogP contribution in [0.25, 0.3) is 0 Å². The Labute approximate surface area is 108 Å². The van der Waals surface area contributed by atoms with Crippen LogP contribution in [-0.2, 0) is 4.79 Å². The van der Waals surface area contributed by atoms with Gasteiger partial charge in [0.2, 0.25) is 5.91 Å². The average molecular weight is 253 g/mol. The van der Waals surface area contributed by atoms with Crippen LogP contribution in [0.1, 0.15) is 25.1 Å². The Hall–Kier alpha value is -1.33. The van der Waals surface area contributed by atoms with Crippen molar-refractivity contribution >= 4 is 5.91 Å². The SMILES string of the molecule is CC(CCN)C(=O)NCC(c1ccco1)N(C)C. The molecule has 1 heterocycles. The number of amides is 1. The molecule has 0 aliphatic heterocycles. The lowest BCUT2D eigenvalue weighted by atomic mass is 10.1. The fraction of sp³-hybridized carbons (Fsp3) is 0.615. The maximum absolute atomic E-state index is 11.8. The zero-order valence-electron chi connectivity index (χ0n) is 11.3. The normalized spacial score (nSPS) is 14.5. The summed E-state index contributed by atoms with van der Waals surface area (Å²) in [5, 5.41) is 2.94. The second kappa shape index (κ2) is 7.18. The van der Waals surface area contributed by atoms with Gasteiger partial charge in [-0.15, -0.1) is 0 Å². The van der Waals surface area contributed by atoms with Gasteiger partial charge in [-0.2, -0.15) is 0 Å². The zero-order chi connectivity index (χ0) is 13.5. The van der Waals surface area contributed by atoms with E-state index in [1.165, 1.54) is 0 Å². The Kier molecular flexibility index (Phi) is 5.88. The number of nitrogens with one attached hydrogen (secondary N) is 1. The van der Waals surface area contributed by atoms with E-state index < -0.39 is 0 Å². The Morgan fingerprint density at radius 1 is 1.56 bits per heavy atom. The molecule has 3 N–H and O–H groups in total. The largest absolute Gasteiger partial charge is 0.468 e. The van der Waals surface area contributed by atoms with E-state index in [4.69, 9.17) is 10.2 Å². The summed E-state index contributed by atoms with van der Waals surface area (Å²) in [4.78, 5) is 13.8. The van der Waals surface area contributed by atoms with E-state index in [1.54, 1.807) is 6.26 Å². The zero-order valence-corrected chi connectivity index (χ0v) is 11.3. The topological polar surface area (TPSA) is 71.5 Å². The lowest BCUT2D eigenvalue weighted by Gasteiger charge is -2.23. The van der Waals surface area contributed by atoms with E-state index in [-0.39, 0.29) is 17.9 Å². The molecule has 0 bridgehead atoms. The van der Waals surface area contributed by atoms with Gasteiger partial charge in [0.1, 0.15) is 5.76 Å². The van der Waals surface area contributed by atoms with Crippen LogP contribution in [0.3, 0.4) is 0 Å². The summed E-state index contributed by atoms with van der Waals surface area (Å²) in [5.74, 6) is 0.847. The highest BCUT2D eigenvalue weighted by Crippen LogP contribution is 2.17. The summed E-state index contributed by atoms with van der Waals surface area (Å²) in [5.41, 5.74) is 5.45. The monoisotopic (exact) mass is 253 g/mol. The van der Waals surface area contributed by atoms with E-state index in [1.807, 2.05) is 38.1 Å². The molecule has 102 valence electrons. The lowest BCUT2D eigenvalue weighted by molar-refractivity contribution is -0.124. The molecule has 0 aliphatic rings. The summed E-state index contributed by atoms with van der Waals surface area (Å²) in [6.45, 7) is 2.96. The van der Waals surface area contributed by atoms with Crippen molar-refractivity contribution in [3.05, 3.63) is 24.2 Å². The molecular weight excluding hydrogens is 230 g/mol. The number of rotatable bonds is 7. The van der Waals surface area contributed by atoms with E-state index in [2.05, 4.69) is 5.32 Å². The molecule has 5 heteroatoms. The Bertz CT molecular complexity index is 349. The van der Waals surface area contributed by atoms with Crippen molar-refractivity contribution in [2.45, 2.75) is 19.4 Å². The predicted molar refractivity (Wildman–Crippen MR) is 71.0 cm³/mol. The molecule has 1 amide bonds. The fourth-order valence-electron chi connectivity index (χ4n) is 1.77. The second-order valence-electron chi connectivity index (χ2n) is 4.72. The number of likely N-dealkylation sites (N-methyl/N-ethyl adjacent to an activating group) is 1. The van der Waals surface area contributed by atoms with Gasteiger partial charge in [-0.1, -0.05) is 6.92 Å². The fourth-order valence-corrected chi connectivity index (χ4v) is 1.77. The highest BCUT2D eigenvalue weighted by molar-refractivity contribution is 5.78. The molecule has 0 aromatic carbocycles. The van der Waals surface area contributed by atoms with Gasteiger partial charge in [-0.3, -0.25) is 9.69 Å². The number of nitrogens with zero attached hydrogens (tertiary/aromatic N) is 1. The first kappa shape index (κ1) is 14.7. The van der Waals surface area contributed by atoms with Gasteiger partial charge in [-0.05, 0) is 39.2 Å². The van der Waals surface area contributed by atoms with Crippen LogP contribution < -0.4 is 11.1 Å². The number of hydrogen-bond acceptors (Lipinski definition) is 4.